The van der Waals surface area contributed by atoms with Crippen molar-refractivity contribution in [1.82, 2.24) is 10.6 Å². The summed E-state index contributed by atoms with van der Waals surface area (Å²) in [5.41, 5.74) is 1.01. The fraction of sp³-hybridized carbons (Fsp3) is 0.385. The van der Waals surface area contributed by atoms with E-state index in [2.05, 4.69) is 10.6 Å². The van der Waals surface area contributed by atoms with Gasteiger partial charge < -0.3 is 20.8 Å². The van der Waals surface area contributed by atoms with Crippen LogP contribution in [0.4, 0.5) is 4.79 Å². The fourth-order valence-corrected chi connectivity index (χ4v) is 1.46. The Balaban J connectivity index is 2.43. The predicted octanol–water partition coefficient (Wildman–Crippen LogP) is 0.955. The third-order valence-corrected chi connectivity index (χ3v) is 2.70. The number of hydrogen-bond acceptors (Lipinski definition) is 3. The molecule has 0 aliphatic heterocycles. The standard InChI is InChI=1S/C13H18N2O4/c1-2-11(8-16)15-13(19)14-7-9-3-5-10(6-4-9)12(17)18/h3-6,11,16H,2,7-8H2,1H3,(H,17,18)(H2,14,15,19)/t11-/m1/s1. The number of aromatic carboxylic acids is 1. The summed E-state index contributed by atoms with van der Waals surface area (Å²) in [5, 5.41) is 22.9. The molecule has 0 saturated heterocycles. The minimum absolute atomic E-state index is 0.1000. The van der Waals surface area contributed by atoms with Gasteiger partial charge in [0.1, 0.15) is 0 Å². The summed E-state index contributed by atoms with van der Waals surface area (Å²) in [6.45, 7) is 2.07. The SMILES string of the molecule is CC[C@H](CO)NC(=O)NCc1ccc(C(=O)O)cc1. The summed E-state index contributed by atoms with van der Waals surface area (Å²) in [4.78, 5) is 22.2. The molecule has 0 heterocycles. The number of carbonyl (C=O) groups is 2. The number of nitrogens with one attached hydrogen (secondary N) is 2. The monoisotopic (exact) mass is 266 g/mol. The van der Waals surface area contributed by atoms with Crippen LogP contribution in [-0.2, 0) is 6.54 Å². The molecular formula is C13H18N2O4. The summed E-state index contributed by atoms with van der Waals surface area (Å²) in [6.07, 6.45) is 0.650. The van der Waals surface area contributed by atoms with Crippen LogP contribution in [0.3, 0.4) is 0 Å². The number of aliphatic hydroxyl groups excluding tert-OH is 1. The highest BCUT2D eigenvalue weighted by Crippen LogP contribution is 2.04. The van der Waals surface area contributed by atoms with Gasteiger partial charge in [0, 0.05) is 6.54 Å². The molecule has 1 aromatic carbocycles. The zero-order valence-electron chi connectivity index (χ0n) is 10.7. The minimum atomic E-state index is -0.981. The molecule has 0 aliphatic rings. The third-order valence-electron chi connectivity index (χ3n) is 2.70. The first-order valence-corrected chi connectivity index (χ1v) is 6.04. The molecule has 104 valence electrons. The molecular weight excluding hydrogens is 248 g/mol. The van der Waals surface area contributed by atoms with Gasteiger partial charge in [0.2, 0.25) is 0 Å². The smallest absolute Gasteiger partial charge is 0.335 e. The van der Waals surface area contributed by atoms with E-state index in [4.69, 9.17) is 10.2 Å². The van der Waals surface area contributed by atoms with Gasteiger partial charge in [0.25, 0.3) is 0 Å². The molecule has 1 aromatic rings. The average molecular weight is 266 g/mol. The average Bonchev–Trinajstić information content (AvgIpc) is 2.43. The van der Waals surface area contributed by atoms with Crippen molar-refractivity contribution >= 4 is 12.0 Å². The Morgan fingerprint density at radius 2 is 1.89 bits per heavy atom. The van der Waals surface area contributed by atoms with E-state index in [0.29, 0.717) is 13.0 Å². The molecule has 0 unspecified atom stereocenters. The van der Waals surface area contributed by atoms with E-state index in [1.165, 1.54) is 12.1 Å². The first-order chi connectivity index (χ1) is 9.06. The number of amides is 2. The Kier molecular flexibility index (Phi) is 5.81. The van der Waals surface area contributed by atoms with E-state index in [1.807, 2.05) is 6.92 Å². The fourth-order valence-electron chi connectivity index (χ4n) is 1.46. The molecule has 0 spiro atoms. The normalized spacial score (nSPS) is 11.7. The summed E-state index contributed by atoms with van der Waals surface area (Å²) in [6, 6.07) is 5.65. The van der Waals surface area contributed by atoms with Gasteiger partial charge in [-0.05, 0) is 24.1 Å². The topological polar surface area (TPSA) is 98.7 Å². The number of rotatable bonds is 6. The van der Waals surface area contributed by atoms with Crippen LogP contribution in [0.1, 0.15) is 29.3 Å². The van der Waals surface area contributed by atoms with Crippen LogP contribution in [0.5, 0.6) is 0 Å². The zero-order chi connectivity index (χ0) is 14.3. The molecule has 0 fully saturated rings. The van der Waals surface area contributed by atoms with Gasteiger partial charge in [-0.1, -0.05) is 19.1 Å². The summed E-state index contributed by atoms with van der Waals surface area (Å²) in [7, 11) is 0. The van der Waals surface area contributed by atoms with Crippen LogP contribution < -0.4 is 10.6 Å². The van der Waals surface area contributed by atoms with E-state index in [0.717, 1.165) is 5.56 Å². The lowest BCUT2D eigenvalue weighted by atomic mass is 10.1. The molecule has 4 N–H and O–H groups in total. The number of aliphatic hydroxyl groups is 1. The van der Waals surface area contributed by atoms with Gasteiger partial charge in [-0.3, -0.25) is 0 Å². The third kappa shape index (κ3) is 4.97. The van der Waals surface area contributed by atoms with Gasteiger partial charge in [0.15, 0.2) is 0 Å². The second-order valence-electron chi connectivity index (χ2n) is 4.12. The molecule has 19 heavy (non-hydrogen) atoms. The van der Waals surface area contributed by atoms with Gasteiger partial charge in [-0.15, -0.1) is 0 Å². The van der Waals surface area contributed by atoms with Crippen LogP contribution >= 0.6 is 0 Å². The lowest BCUT2D eigenvalue weighted by Gasteiger charge is -2.14. The molecule has 6 nitrogen and oxygen atoms in total. The van der Waals surface area contributed by atoms with Crippen LogP contribution in [0.15, 0.2) is 24.3 Å². The van der Waals surface area contributed by atoms with Crippen molar-refractivity contribution in [2.24, 2.45) is 0 Å². The number of benzene rings is 1. The maximum Gasteiger partial charge on any atom is 0.335 e. The molecule has 2 amide bonds. The van der Waals surface area contributed by atoms with Gasteiger partial charge in [-0.2, -0.15) is 0 Å². The number of carboxylic acids is 1. The second-order valence-corrected chi connectivity index (χ2v) is 4.12. The summed E-state index contributed by atoms with van der Waals surface area (Å²) < 4.78 is 0. The molecule has 0 aliphatic carbocycles. The Morgan fingerprint density at radius 1 is 1.26 bits per heavy atom. The Bertz CT molecular complexity index is 427. The number of carboxylic acid groups (broad SMARTS) is 1. The van der Waals surface area contributed by atoms with E-state index < -0.39 is 5.97 Å². The summed E-state index contributed by atoms with van der Waals surface area (Å²) >= 11 is 0. The number of carbonyl (C=O) groups excluding carboxylic acids is 1. The highest BCUT2D eigenvalue weighted by atomic mass is 16.4. The molecule has 6 heteroatoms. The van der Waals surface area contributed by atoms with Crippen molar-refractivity contribution in [1.29, 1.82) is 0 Å². The van der Waals surface area contributed by atoms with Gasteiger partial charge in [-0.25, -0.2) is 9.59 Å². The first-order valence-electron chi connectivity index (χ1n) is 6.04. The highest BCUT2D eigenvalue weighted by molar-refractivity contribution is 5.87. The highest BCUT2D eigenvalue weighted by Gasteiger charge is 2.08. The zero-order valence-corrected chi connectivity index (χ0v) is 10.7. The maximum absolute atomic E-state index is 11.5. The van der Waals surface area contributed by atoms with Crippen molar-refractivity contribution in [2.75, 3.05) is 6.61 Å². The van der Waals surface area contributed by atoms with E-state index in [9.17, 15) is 9.59 Å². The van der Waals surface area contributed by atoms with Crippen LogP contribution in [-0.4, -0.2) is 34.9 Å². The molecule has 0 bridgehead atoms. The quantitative estimate of drug-likeness (QED) is 0.616. The van der Waals surface area contributed by atoms with E-state index >= 15 is 0 Å². The van der Waals surface area contributed by atoms with Gasteiger partial charge in [0.05, 0.1) is 18.2 Å². The Labute approximate surface area is 111 Å². The van der Waals surface area contributed by atoms with E-state index in [1.54, 1.807) is 12.1 Å². The second kappa shape index (κ2) is 7.38. The largest absolute Gasteiger partial charge is 0.478 e. The molecule has 0 aromatic heterocycles. The molecule has 0 saturated carbocycles. The van der Waals surface area contributed by atoms with Crippen molar-refractivity contribution in [3.63, 3.8) is 0 Å². The predicted molar refractivity (Wildman–Crippen MR) is 69.9 cm³/mol. The lowest BCUT2D eigenvalue weighted by Crippen LogP contribution is -2.43. The minimum Gasteiger partial charge on any atom is -0.478 e. The Morgan fingerprint density at radius 3 is 2.37 bits per heavy atom. The van der Waals surface area contributed by atoms with Crippen molar-refractivity contribution < 1.29 is 19.8 Å². The van der Waals surface area contributed by atoms with Crippen LogP contribution in [0.2, 0.25) is 0 Å². The first kappa shape index (κ1) is 15.0. The summed E-state index contributed by atoms with van der Waals surface area (Å²) in [5.74, 6) is -0.981. The molecule has 1 rings (SSSR count). The van der Waals surface area contributed by atoms with Crippen LogP contribution in [0, 0.1) is 0 Å². The van der Waals surface area contributed by atoms with Crippen molar-refractivity contribution in [3.8, 4) is 0 Å². The number of urea groups is 1. The van der Waals surface area contributed by atoms with Crippen molar-refractivity contribution in [3.05, 3.63) is 35.4 Å². The Hall–Kier alpha value is -2.08. The van der Waals surface area contributed by atoms with Crippen LogP contribution in [0.25, 0.3) is 0 Å². The van der Waals surface area contributed by atoms with Crippen molar-refractivity contribution in [2.45, 2.75) is 25.9 Å². The number of hydrogen-bond donors (Lipinski definition) is 4. The maximum atomic E-state index is 11.5. The molecule has 1 atom stereocenters. The lowest BCUT2D eigenvalue weighted by molar-refractivity contribution is 0.0697. The van der Waals surface area contributed by atoms with E-state index in [-0.39, 0.29) is 24.2 Å². The molecule has 0 radical (unpaired) electrons. The van der Waals surface area contributed by atoms with Gasteiger partial charge >= 0.3 is 12.0 Å².